The summed E-state index contributed by atoms with van der Waals surface area (Å²) in [6.07, 6.45) is 5.21. The third kappa shape index (κ3) is 6.48. The van der Waals surface area contributed by atoms with Crippen molar-refractivity contribution in [3.8, 4) is 6.07 Å². The molecule has 0 saturated heterocycles. The monoisotopic (exact) mass is 414 g/mol. The number of hydrogen-bond acceptors (Lipinski definition) is 2. The molecule has 2 aromatic carbocycles. The largest absolute Gasteiger partial charge is 0.345 e. The summed E-state index contributed by atoms with van der Waals surface area (Å²) in [4.78, 5) is 14.9. The number of amides is 2. The van der Waals surface area contributed by atoms with Crippen LogP contribution in [0.2, 0.25) is 0 Å². The lowest BCUT2D eigenvalue weighted by Gasteiger charge is -2.24. The average Bonchev–Trinajstić information content (AvgIpc) is 3.19. The van der Waals surface area contributed by atoms with E-state index in [4.69, 9.17) is 5.26 Å². The normalized spacial score (nSPS) is 10.5. The maximum absolute atomic E-state index is 13.1. The fraction of sp³-hybridized carbons (Fsp3) is 0.308. The smallest absolute Gasteiger partial charge is 0.322 e. The SMILES string of the molecule is CCCCCN(Cc1cccn1Cc1cccc(C)c1)C(=O)Nc1cccc(C#N)c1. The van der Waals surface area contributed by atoms with Crippen molar-refractivity contribution in [1.29, 1.82) is 5.26 Å². The van der Waals surface area contributed by atoms with E-state index in [-0.39, 0.29) is 6.03 Å². The van der Waals surface area contributed by atoms with Gasteiger partial charge in [-0.05, 0) is 49.2 Å². The zero-order valence-electron chi connectivity index (χ0n) is 18.3. The zero-order chi connectivity index (χ0) is 22.1. The maximum Gasteiger partial charge on any atom is 0.322 e. The number of aromatic nitrogens is 1. The molecule has 0 radical (unpaired) electrons. The van der Waals surface area contributed by atoms with Gasteiger partial charge in [0.25, 0.3) is 0 Å². The van der Waals surface area contributed by atoms with E-state index >= 15 is 0 Å². The lowest BCUT2D eigenvalue weighted by atomic mass is 10.1. The van der Waals surface area contributed by atoms with Gasteiger partial charge in [-0.2, -0.15) is 5.26 Å². The Kier molecular flexibility index (Phi) is 7.89. The predicted molar refractivity (Wildman–Crippen MR) is 125 cm³/mol. The molecule has 31 heavy (non-hydrogen) atoms. The predicted octanol–water partition coefficient (Wildman–Crippen LogP) is 5.94. The number of benzene rings is 2. The first-order chi connectivity index (χ1) is 15.1. The van der Waals surface area contributed by atoms with Crippen LogP contribution in [0, 0.1) is 18.3 Å². The summed E-state index contributed by atoms with van der Waals surface area (Å²) >= 11 is 0. The minimum absolute atomic E-state index is 0.144. The summed E-state index contributed by atoms with van der Waals surface area (Å²) in [6.45, 7) is 6.25. The Hall–Kier alpha value is -3.52. The van der Waals surface area contributed by atoms with Gasteiger partial charge >= 0.3 is 6.03 Å². The molecule has 0 unspecified atom stereocenters. The van der Waals surface area contributed by atoms with Gasteiger partial charge in [-0.15, -0.1) is 0 Å². The number of nitrogens with one attached hydrogen (secondary N) is 1. The van der Waals surface area contributed by atoms with E-state index in [0.29, 0.717) is 24.3 Å². The van der Waals surface area contributed by atoms with Gasteiger partial charge in [-0.1, -0.05) is 55.7 Å². The van der Waals surface area contributed by atoms with Gasteiger partial charge in [-0.25, -0.2) is 4.79 Å². The molecule has 3 rings (SSSR count). The third-order valence-corrected chi connectivity index (χ3v) is 5.27. The van der Waals surface area contributed by atoms with Gasteiger partial charge in [0.15, 0.2) is 0 Å². The summed E-state index contributed by atoms with van der Waals surface area (Å²) in [5.74, 6) is 0. The third-order valence-electron chi connectivity index (χ3n) is 5.27. The lowest BCUT2D eigenvalue weighted by molar-refractivity contribution is 0.206. The van der Waals surface area contributed by atoms with Crippen molar-refractivity contribution in [1.82, 2.24) is 9.47 Å². The van der Waals surface area contributed by atoms with Crippen molar-refractivity contribution in [2.24, 2.45) is 0 Å². The van der Waals surface area contributed by atoms with E-state index in [0.717, 1.165) is 31.5 Å². The van der Waals surface area contributed by atoms with Crippen LogP contribution in [-0.4, -0.2) is 22.0 Å². The van der Waals surface area contributed by atoms with Crippen LogP contribution in [0.1, 0.15) is 48.6 Å². The van der Waals surface area contributed by atoms with E-state index < -0.39 is 0 Å². The second kappa shape index (κ2) is 11.0. The van der Waals surface area contributed by atoms with E-state index in [1.165, 1.54) is 11.1 Å². The Labute approximate surface area is 184 Å². The quantitative estimate of drug-likeness (QED) is 0.440. The van der Waals surface area contributed by atoms with Crippen LogP contribution in [0.25, 0.3) is 0 Å². The summed E-state index contributed by atoms with van der Waals surface area (Å²) in [5.41, 5.74) is 4.75. The van der Waals surface area contributed by atoms with E-state index in [1.807, 2.05) is 17.0 Å². The molecule has 5 nitrogen and oxygen atoms in total. The molecule has 160 valence electrons. The molecule has 0 saturated carbocycles. The number of aryl methyl sites for hydroxylation is 1. The highest BCUT2D eigenvalue weighted by Gasteiger charge is 2.16. The molecule has 0 aliphatic carbocycles. The number of carbonyl (C=O) groups is 1. The molecular weight excluding hydrogens is 384 g/mol. The molecule has 0 atom stereocenters. The fourth-order valence-corrected chi connectivity index (χ4v) is 3.62. The Bertz CT molecular complexity index is 1050. The van der Waals surface area contributed by atoms with Crippen LogP contribution in [0.3, 0.4) is 0 Å². The standard InChI is InChI=1S/C26H30N4O/c1-3-4-5-14-30(26(31)28-24-12-7-10-22(17-24)18-27)20-25-13-8-15-29(25)19-23-11-6-9-21(2)16-23/h6-13,15-17H,3-5,14,19-20H2,1-2H3,(H,28,31). The van der Waals surface area contributed by atoms with Crippen molar-refractivity contribution in [3.63, 3.8) is 0 Å². The van der Waals surface area contributed by atoms with Crippen molar-refractivity contribution in [2.75, 3.05) is 11.9 Å². The second-order valence-corrected chi connectivity index (χ2v) is 7.87. The number of nitrogens with zero attached hydrogens (tertiary/aromatic N) is 3. The van der Waals surface area contributed by atoms with E-state index in [1.54, 1.807) is 18.2 Å². The number of urea groups is 1. The van der Waals surface area contributed by atoms with Crippen LogP contribution < -0.4 is 5.32 Å². The minimum atomic E-state index is -0.144. The summed E-state index contributed by atoms with van der Waals surface area (Å²) in [7, 11) is 0. The highest BCUT2D eigenvalue weighted by molar-refractivity contribution is 5.89. The van der Waals surface area contributed by atoms with Crippen LogP contribution in [0.15, 0.2) is 66.9 Å². The molecule has 3 aromatic rings. The molecule has 0 spiro atoms. The topological polar surface area (TPSA) is 61.1 Å². The highest BCUT2D eigenvalue weighted by Crippen LogP contribution is 2.15. The van der Waals surface area contributed by atoms with Crippen molar-refractivity contribution < 1.29 is 4.79 Å². The molecule has 0 bridgehead atoms. The molecule has 1 N–H and O–H groups in total. The van der Waals surface area contributed by atoms with E-state index in [2.05, 4.69) is 66.3 Å². The van der Waals surface area contributed by atoms with Crippen LogP contribution in [0.5, 0.6) is 0 Å². The number of rotatable bonds is 9. The number of anilines is 1. The number of hydrogen-bond donors (Lipinski definition) is 1. The highest BCUT2D eigenvalue weighted by atomic mass is 16.2. The van der Waals surface area contributed by atoms with Gasteiger partial charge < -0.3 is 14.8 Å². The fourth-order valence-electron chi connectivity index (χ4n) is 3.62. The number of nitriles is 1. The first kappa shape index (κ1) is 22.2. The molecule has 0 fully saturated rings. The summed E-state index contributed by atoms with van der Waals surface area (Å²) < 4.78 is 2.20. The van der Waals surface area contributed by atoms with Gasteiger partial charge in [-0.3, -0.25) is 0 Å². The lowest BCUT2D eigenvalue weighted by Crippen LogP contribution is -2.36. The van der Waals surface area contributed by atoms with Crippen molar-refractivity contribution in [2.45, 2.75) is 46.2 Å². The number of carbonyl (C=O) groups excluding carboxylic acids is 1. The van der Waals surface area contributed by atoms with Gasteiger partial charge in [0.1, 0.15) is 0 Å². The van der Waals surface area contributed by atoms with Gasteiger partial charge in [0.05, 0.1) is 18.2 Å². The first-order valence-electron chi connectivity index (χ1n) is 10.8. The Morgan fingerprint density at radius 2 is 1.94 bits per heavy atom. The van der Waals surface area contributed by atoms with Crippen LogP contribution >= 0.6 is 0 Å². The zero-order valence-corrected chi connectivity index (χ0v) is 18.3. The van der Waals surface area contributed by atoms with Crippen LogP contribution in [-0.2, 0) is 13.1 Å². The van der Waals surface area contributed by atoms with E-state index in [9.17, 15) is 4.79 Å². The Morgan fingerprint density at radius 1 is 1.10 bits per heavy atom. The first-order valence-corrected chi connectivity index (χ1v) is 10.8. The molecule has 2 amide bonds. The Morgan fingerprint density at radius 3 is 2.71 bits per heavy atom. The van der Waals surface area contributed by atoms with Gasteiger partial charge in [0.2, 0.25) is 0 Å². The second-order valence-electron chi connectivity index (χ2n) is 7.87. The number of unbranched alkanes of at least 4 members (excludes halogenated alkanes) is 2. The molecule has 1 aromatic heterocycles. The Balaban J connectivity index is 1.74. The molecule has 1 heterocycles. The van der Waals surface area contributed by atoms with Crippen molar-refractivity contribution in [3.05, 3.63) is 89.2 Å². The van der Waals surface area contributed by atoms with Gasteiger partial charge in [0, 0.05) is 30.7 Å². The van der Waals surface area contributed by atoms with Crippen LogP contribution in [0.4, 0.5) is 10.5 Å². The molecular formula is C26H30N4O. The maximum atomic E-state index is 13.1. The van der Waals surface area contributed by atoms with Crippen molar-refractivity contribution >= 4 is 11.7 Å². The molecule has 0 aliphatic heterocycles. The average molecular weight is 415 g/mol. The summed E-state index contributed by atoms with van der Waals surface area (Å²) in [5, 5.41) is 12.1. The molecule has 5 heteroatoms. The summed E-state index contributed by atoms with van der Waals surface area (Å²) in [6, 6.07) is 21.6. The minimum Gasteiger partial charge on any atom is -0.345 e. The molecule has 0 aliphatic rings.